The van der Waals surface area contributed by atoms with Crippen molar-refractivity contribution in [3.05, 3.63) is 211 Å². The van der Waals surface area contributed by atoms with Crippen LogP contribution in [0.4, 0.5) is 0 Å². The molecule has 258 valence electrons. The van der Waals surface area contributed by atoms with Crippen LogP contribution in [0.15, 0.2) is 193 Å². The normalized spacial score (nSPS) is 15.2. The smallest absolute Gasteiger partial charge is 0.136 e. The van der Waals surface area contributed by atoms with E-state index in [0.717, 1.165) is 21.9 Å². The molecule has 0 radical (unpaired) electrons. The minimum atomic E-state index is -0.531. The third-order valence-electron chi connectivity index (χ3n) is 12.8. The highest BCUT2D eigenvalue weighted by Gasteiger charge is 2.52. The SMILES string of the molecule is c1ccc2c(c1)-c1cc3oc4ccccc4c3cc1C21c2ccncc2-c2ccc(-c3c4ccccc4c(-c4cccc5ccccc45)c4ccccc34)cc21. The number of hydrogen-bond donors (Lipinski definition) is 0. The predicted octanol–water partition coefficient (Wildman–Crippen LogP) is 14.1. The van der Waals surface area contributed by atoms with Gasteiger partial charge < -0.3 is 4.42 Å². The molecule has 2 heteroatoms. The standard InChI is InChI=1S/C54H31NO/c1-2-14-34-32(12-1)13-11-21-38(34)53-41-19-5-3-17-39(41)52(40-18-4-6-20-42(40)53)33-24-25-36-45-31-55-27-26-47(45)54(48(36)28-33)46-22-9-7-15-35(46)43-30-51-44(29-49(43)54)37-16-8-10-23-50(37)56-51/h1-31H. The number of nitrogens with zero attached hydrogens (tertiary/aromatic N) is 1. The summed E-state index contributed by atoms with van der Waals surface area (Å²) in [5.74, 6) is 0. The summed E-state index contributed by atoms with van der Waals surface area (Å²) < 4.78 is 6.50. The van der Waals surface area contributed by atoms with E-state index in [9.17, 15) is 0 Å². The van der Waals surface area contributed by atoms with Crippen molar-refractivity contribution >= 4 is 54.3 Å². The lowest BCUT2D eigenvalue weighted by Crippen LogP contribution is -2.26. The number of rotatable bonds is 2. The molecule has 2 aliphatic rings. The van der Waals surface area contributed by atoms with E-state index in [1.807, 2.05) is 6.20 Å². The molecule has 0 N–H and O–H groups in total. The average molecular weight is 710 g/mol. The van der Waals surface area contributed by atoms with Gasteiger partial charge in [0.15, 0.2) is 0 Å². The molecular formula is C54H31NO. The van der Waals surface area contributed by atoms with E-state index >= 15 is 0 Å². The molecule has 0 saturated carbocycles. The number of aromatic nitrogens is 1. The van der Waals surface area contributed by atoms with Crippen LogP contribution in [0.2, 0.25) is 0 Å². The zero-order chi connectivity index (χ0) is 36.5. The molecule has 13 rings (SSSR count). The average Bonchev–Trinajstić information content (AvgIpc) is 3.88. The summed E-state index contributed by atoms with van der Waals surface area (Å²) in [6, 6.07) is 65.0. The van der Waals surface area contributed by atoms with Crippen LogP contribution in [0, 0.1) is 0 Å². The van der Waals surface area contributed by atoms with Crippen molar-refractivity contribution in [1.82, 2.24) is 4.98 Å². The number of benzene rings is 9. The number of para-hydroxylation sites is 1. The number of furan rings is 1. The molecule has 0 saturated heterocycles. The van der Waals surface area contributed by atoms with E-state index in [-0.39, 0.29) is 0 Å². The molecule has 0 aliphatic heterocycles. The summed E-state index contributed by atoms with van der Waals surface area (Å²) >= 11 is 0. The van der Waals surface area contributed by atoms with Crippen LogP contribution < -0.4 is 0 Å². The van der Waals surface area contributed by atoms with Gasteiger partial charge in [-0.3, -0.25) is 4.98 Å². The molecular weight excluding hydrogens is 679 g/mol. The van der Waals surface area contributed by atoms with Gasteiger partial charge in [0.1, 0.15) is 11.2 Å². The fourth-order valence-electron chi connectivity index (χ4n) is 10.6. The summed E-state index contributed by atoms with van der Waals surface area (Å²) in [6.07, 6.45) is 4.03. The van der Waals surface area contributed by atoms with E-state index in [1.165, 1.54) is 99.1 Å². The Morgan fingerprint density at radius 3 is 1.79 bits per heavy atom. The van der Waals surface area contributed by atoms with E-state index in [1.54, 1.807) is 0 Å². The van der Waals surface area contributed by atoms with Crippen LogP contribution in [0.1, 0.15) is 22.3 Å². The minimum Gasteiger partial charge on any atom is -0.456 e. The quantitative estimate of drug-likeness (QED) is 0.167. The second kappa shape index (κ2) is 10.9. The van der Waals surface area contributed by atoms with Gasteiger partial charge in [0, 0.05) is 28.7 Å². The molecule has 2 heterocycles. The first kappa shape index (κ1) is 30.1. The summed E-state index contributed by atoms with van der Waals surface area (Å²) in [6.45, 7) is 0. The molecule has 9 aromatic carbocycles. The zero-order valence-corrected chi connectivity index (χ0v) is 30.3. The van der Waals surface area contributed by atoms with Gasteiger partial charge in [-0.25, -0.2) is 0 Å². The van der Waals surface area contributed by atoms with Crippen LogP contribution in [-0.2, 0) is 5.41 Å². The number of fused-ring (bicyclic) bond motifs is 16. The van der Waals surface area contributed by atoms with E-state index in [4.69, 9.17) is 9.40 Å². The first-order valence-corrected chi connectivity index (χ1v) is 19.4. The van der Waals surface area contributed by atoms with Gasteiger partial charge in [0.05, 0.1) is 5.41 Å². The van der Waals surface area contributed by atoms with Crippen LogP contribution >= 0.6 is 0 Å². The van der Waals surface area contributed by atoms with Crippen molar-refractivity contribution < 1.29 is 4.42 Å². The van der Waals surface area contributed by atoms with Crippen molar-refractivity contribution in [2.75, 3.05) is 0 Å². The predicted molar refractivity (Wildman–Crippen MR) is 231 cm³/mol. The first-order valence-electron chi connectivity index (χ1n) is 19.4. The van der Waals surface area contributed by atoms with E-state index in [2.05, 4.69) is 182 Å². The first-order chi connectivity index (χ1) is 27.8. The third kappa shape index (κ3) is 3.73. The highest BCUT2D eigenvalue weighted by molar-refractivity contribution is 6.23. The van der Waals surface area contributed by atoms with E-state index < -0.39 is 5.41 Å². The maximum atomic E-state index is 6.50. The summed E-state index contributed by atoms with van der Waals surface area (Å²) in [5.41, 5.74) is 16.4. The minimum absolute atomic E-state index is 0.531. The van der Waals surface area contributed by atoms with Crippen molar-refractivity contribution in [1.29, 1.82) is 0 Å². The Kier molecular flexibility index (Phi) is 5.86. The molecule has 1 spiro atoms. The molecule has 0 bridgehead atoms. The van der Waals surface area contributed by atoms with Gasteiger partial charge in [0.25, 0.3) is 0 Å². The fourth-order valence-corrected chi connectivity index (χ4v) is 10.6. The molecule has 0 amide bonds. The fraction of sp³-hybridized carbons (Fsp3) is 0.0185. The molecule has 56 heavy (non-hydrogen) atoms. The molecule has 2 aliphatic carbocycles. The maximum absolute atomic E-state index is 6.50. The van der Waals surface area contributed by atoms with Gasteiger partial charge in [0.2, 0.25) is 0 Å². The molecule has 0 fully saturated rings. The summed E-state index contributed by atoms with van der Waals surface area (Å²) in [7, 11) is 0. The molecule has 2 aromatic heterocycles. The summed E-state index contributed by atoms with van der Waals surface area (Å²) in [4.78, 5) is 4.71. The Morgan fingerprint density at radius 1 is 0.357 bits per heavy atom. The lowest BCUT2D eigenvalue weighted by atomic mass is 9.70. The highest BCUT2D eigenvalue weighted by atomic mass is 16.3. The molecule has 2 nitrogen and oxygen atoms in total. The Morgan fingerprint density at radius 2 is 0.964 bits per heavy atom. The zero-order valence-electron chi connectivity index (χ0n) is 30.3. The van der Waals surface area contributed by atoms with Crippen LogP contribution in [0.3, 0.4) is 0 Å². The Labute approximate surface area is 322 Å². The van der Waals surface area contributed by atoms with Crippen LogP contribution in [0.5, 0.6) is 0 Å². The highest BCUT2D eigenvalue weighted by Crippen LogP contribution is 2.64. The largest absolute Gasteiger partial charge is 0.456 e. The molecule has 1 atom stereocenters. The maximum Gasteiger partial charge on any atom is 0.136 e. The van der Waals surface area contributed by atoms with Crippen molar-refractivity contribution in [3.63, 3.8) is 0 Å². The number of hydrogen-bond acceptors (Lipinski definition) is 2. The van der Waals surface area contributed by atoms with Crippen LogP contribution in [0.25, 0.3) is 98.8 Å². The lowest BCUT2D eigenvalue weighted by Gasteiger charge is -2.31. The number of pyridine rings is 1. The third-order valence-corrected chi connectivity index (χ3v) is 12.8. The van der Waals surface area contributed by atoms with Crippen molar-refractivity contribution in [2.45, 2.75) is 5.41 Å². The Balaban J connectivity index is 1.14. The Bertz CT molecular complexity index is 3430. The monoisotopic (exact) mass is 709 g/mol. The van der Waals surface area contributed by atoms with Gasteiger partial charge >= 0.3 is 0 Å². The molecule has 11 aromatic rings. The van der Waals surface area contributed by atoms with Gasteiger partial charge in [-0.05, 0) is 124 Å². The van der Waals surface area contributed by atoms with Gasteiger partial charge in [-0.15, -0.1) is 0 Å². The van der Waals surface area contributed by atoms with Crippen molar-refractivity contribution in [3.8, 4) is 44.5 Å². The van der Waals surface area contributed by atoms with Gasteiger partial charge in [-0.1, -0.05) is 146 Å². The second-order valence-corrected chi connectivity index (χ2v) is 15.3. The Hall–Kier alpha value is -7.29. The molecule has 1 unspecified atom stereocenters. The van der Waals surface area contributed by atoms with Gasteiger partial charge in [-0.2, -0.15) is 0 Å². The topological polar surface area (TPSA) is 26.0 Å². The van der Waals surface area contributed by atoms with Crippen LogP contribution in [-0.4, -0.2) is 4.98 Å². The lowest BCUT2D eigenvalue weighted by molar-refractivity contribution is 0.669. The van der Waals surface area contributed by atoms with E-state index in [0.29, 0.717) is 0 Å². The second-order valence-electron chi connectivity index (χ2n) is 15.3. The van der Waals surface area contributed by atoms with Crippen molar-refractivity contribution in [2.24, 2.45) is 0 Å². The summed E-state index contributed by atoms with van der Waals surface area (Å²) in [5, 5.41) is 9.81.